The minimum Gasteiger partial charge on any atom is -0.377 e. The van der Waals surface area contributed by atoms with Gasteiger partial charge in [0, 0.05) is 19.1 Å². The Morgan fingerprint density at radius 3 is 1.62 bits per heavy atom. The van der Waals surface area contributed by atoms with Gasteiger partial charge in [0.25, 0.3) is 0 Å². The number of hydrogen-bond donors (Lipinski definition) is 0. The molecular formula is C45H54O2. The molecule has 6 aromatic carbocycles. The summed E-state index contributed by atoms with van der Waals surface area (Å²) in [5, 5.41) is 5.16. The first-order valence-electron chi connectivity index (χ1n) is 16.9. The lowest BCUT2D eigenvalue weighted by atomic mass is 9.88. The van der Waals surface area contributed by atoms with Gasteiger partial charge >= 0.3 is 0 Å². The second kappa shape index (κ2) is 21.5. The van der Waals surface area contributed by atoms with Gasteiger partial charge in [0.15, 0.2) is 0 Å². The van der Waals surface area contributed by atoms with E-state index in [9.17, 15) is 0 Å². The summed E-state index contributed by atoms with van der Waals surface area (Å²) < 4.78 is 11.1. The highest BCUT2D eigenvalue weighted by Crippen LogP contribution is 2.28. The van der Waals surface area contributed by atoms with E-state index in [2.05, 4.69) is 166 Å². The molecule has 0 aliphatic carbocycles. The van der Waals surface area contributed by atoms with Crippen LogP contribution < -0.4 is 0 Å². The Labute approximate surface area is 284 Å². The molecular weight excluding hydrogens is 572 g/mol. The Morgan fingerprint density at radius 2 is 1.00 bits per heavy atom. The Kier molecular flexibility index (Phi) is 17.1. The maximum absolute atomic E-state index is 5.58. The van der Waals surface area contributed by atoms with E-state index in [0.717, 1.165) is 39.3 Å². The van der Waals surface area contributed by atoms with Gasteiger partial charge < -0.3 is 9.47 Å². The Morgan fingerprint density at radius 1 is 0.468 bits per heavy atom. The highest BCUT2D eigenvalue weighted by molar-refractivity contribution is 5.85. The summed E-state index contributed by atoms with van der Waals surface area (Å²) in [7, 11) is 0. The lowest BCUT2D eigenvalue weighted by Gasteiger charge is -2.17. The van der Waals surface area contributed by atoms with Crippen LogP contribution >= 0.6 is 0 Å². The van der Waals surface area contributed by atoms with Crippen molar-refractivity contribution in [3.63, 3.8) is 0 Å². The number of benzene rings is 6. The van der Waals surface area contributed by atoms with Gasteiger partial charge in [-0.1, -0.05) is 174 Å². The maximum Gasteiger partial charge on any atom is 0.0722 e. The van der Waals surface area contributed by atoms with Crippen molar-refractivity contribution in [2.45, 2.75) is 73.0 Å². The third-order valence-electron chi connectivity index (χ3n) is 7.90. The van der Waals surface area contributed by atoms with E-state index in [1.54, 1.807) is 0 Å². The minimum atomic E-state index is 0. The average Bonchev–Trinajstić information content (AvgIpc) is 3.12. The Balaban J connectivity index is 0.000000190. The molecule has 0 spiro atoms. The molecule has 6 rings (SSSR count). The lowest BCUT2D eigenvalue weighted by molar-refractivity contribution is 0.121. The molecule has 0 amide bonds. The number of ether oxygens (including phenoxy) is 2. The summed E-state index contributed by atoms with van der Waals surface area (Å²) in [6.07, 6.45) is 4.58. The third-order valence-corrected chi connectivity index (χ3v) is 7.90. The molecule has 0 radical (unpaired) electrons. The van der Waals surface area contributed by atoms with Gasteiger partial charge in [0.2, 0.25) is 0 Å². The SMILES string of the molecule is C.CCCC(c1ccccc1)c1ccccc1.CCCOCc1ccc2ccccc2c1.CCCOCc1cccc2ccccc12. The van der Waals surface area contributed by atoms with Crippen molar-refractivity contribution < 1.29 is 9.47 Å². The first-order valence-corrected chi connectivity index (χ1v) is 16.9. The van der Waals surface area contributed by atoms with E-state index in [-0.39, 0.29) is 7.43 Å². The number of fused-ring (bicyclic) bond motifs is 2. The molecule has 2 nitrogen and oxygen atoms in total. The van der Waals surface area contributed by atoms with Gasteiger partial charge in [0.05, 0.1) is 13.2 Å². The average molecular weight is 627 g/mol. The fourth-order valence-electron chi connectivity index (χ4n) is 5.59. The quantitative estimate of drug-likeness (QED) is 0.126. The van der Waals surface area contributed by atoms with Crippen molar-refractivity contribution in [1.82, 2.24) is 0 Å². The normalized spacial score (nSPS) is 10.5. The predicted octanol–water partition coefficient (Wildman–Crippen LogP) is 12.8. The summed E-state index contributed by atoms with van der Waals surface area (Å²) >= 11 is 0. The topological polar surface area (TPSA) is 18.5 Å². The first-order chi connectivity index (χ1) is 22.7. The molecule has 0 fully saturated rings. The molecule has 0 atom stereocenters. The first kappa shape index (κ1) is 37.2. The number of hydrogen-bond acceptors (Lipinski definition) is 2. The standard InChI is InChI=1S/C16H18.2C14H16O.CH4/c1-2-9-16(14-10-5-3-6-11-14)15-12-7-4-8-13-15;1-2-10-15-11-13-8-5-7-12-6-3-4-9-14(12)13;1-2-9-15-11-12-7-8-13-5-3-4-6-14(13)10-12;/h3-8,10-13,16H,2,9H2,1H3;3-9H,2,10-11H2,1H3;3-8,10H,2,9,11H2,1H3;1H4. The van der Waals surface area contributed by atoms with Crippen molar-refractivity contribution in [1.29, 1.82) is 0 Å². The second-order valence-electron chi connectivity index (χ2n) is 11.6. The van der Waals surface area contributed by atoms with Crippen molar-refractivity contribution >= 4 is 21.5 Å². The van der Waals surface area contributed by atoms with Crippen LogP contribution in [0.1, 0.15) is 82.1 Å². The molecule has 0 saturated carbocycles. The van der Waals surface area contributed by atoms with Gasteiger partial charge in [-0.15, -0.1) is 0 Å². The summed E-state index contributed by atoms with van der Waals surface area (Å²) in [6, 6.07) is 51.3. The van der Waals surface area contributed by atoms with Crippen LogP contribution in [-0.2, 0) is 22.7 Å². The van der Waals surface area contributed by atoms with Crippen molar-refractivity contribution in [2.24, 2.45) is 0 Å². The summed E-state index contributed by atoms with van der Waals surface area (Å²) in [5.41, 5.74) is 5.38. The monoisotopic (exact) mass is 626 g/mol. The number of rotatable bonds is 12. The van der Waals surface area contributed by atoms with Gasteiger partial charge in [0.1, 0.15) is 0 Å². The molecule has 0 saturated heterocycles. The fourth-order valence-corrected chi connectivity index (χ4v) is 5.59. The molecule has 0 N–H and O–H groups in total. The van der Waals surface area contributed by atoms with Crippen LogP contribution in [0.3, 0.4) is 0 Å². The fraction of sp³-hybridized carbons (Fsp3) is 0.289. The molecule has 0 aliphatic rings. The summed E-state index contributed by atoms with van der Waals surface area (Å²) in [4.78, 5) is 0. The molecule has 0 aromatic heterocycles. The highest BCUT2D eigenvalue weighted by Gasteiger charge is 2.11. The smallest absolute Gasteiger partial charge is 0.0722 e. The van der Waals surface area contributed by atoms with Crippen LogP contribution in [0.4, 0.5) is 0 Å². The van der Waals surface area contributed by atoms with E-state index in [1.807, 2.05) is 0 Å². The highest BCUT2D eigenvalue weighted by atomic mass is 16.5. The molecule has 0 bridgehead atoms. The van der Waals surface area contributed by atoms with E-state index in [4.69, 9.17) is 9.47 Å². The van der Waals surface area contributed by atoms with Gasteiger partial charge in [-0.05, 0) is 69.1 Å². The summed E-state index contributed by atoms with van der Waals surface area (Å²) in [6.45, 7) is 9.62. The third kappa shape index (κ3) is 12.1. The van der Waals surface area contributed by atoms with Crippen molar-refractivity contribution in [3.05, 3.63) is 168 Å². The molecule has 2 heteroatoms. The van der Waals surface area contributed by atoms with Crippen LogP contribution in [0.2, 0.25) is 0 Å². The van der Waals surface area contributed by atoms with Gasteiger partial charge in [-0.3, -0.25) is 0 Å². The van der Waals surface area contributed by atoms with Gasteiger partial charge in [-0.25, -0.2) is 0 Å². The molecule has 6 aromatic rings. The predicted molar refractivity (Wildman–Crippen MR) is 204 cm³/mol. The molecule has 0 unspecified atom stereocenters. The second-order valence-corrected chi connectivity index (χ2v) is 11.6. The van der Waals surface area contributed by atoms with Crippen LogP contribution in [0, 0.1) is 0 Å². The zero-order valence-corrected chi connectivity index (χ0v) is 27.9. The maximum atomic E-state index is 5.58. The van der Waals surface area contributed by atoms with E-state index in [0.29, 0.717) is 5.92 Å². The van der Waals surface area contributed by atoms with E-state index < -0.39 is 0 Å². The molecule has 246 valence electrons. The Hall–Kier alpha value is -4.24. The lowest BCUT2D eigenvalue weighted by Crippen LogP contribution is -2.00. The molecule has 47 heavy (non-hydrogen) atoms. The van der Waals surface area contributed by atoms with E-state index in [1.165, 1.54) is 56.6 Å². The molecule has 0 heterocycles. The van der Waals surface area contributed by atoms with Crippen LogP contribution in [-0.4, -0.2) is 13.2 Å². The zero-order valence-electron chi connectivity index (χ0n) is 27.9. The van der Waals surface area contributed by atoms with Crippen molar-refractivity contribution in [2.75, 3.05) is 13.2 Å². The largest absolute Gasteiger partial charge is 0.377 e. The minimum absolute atomic E-state index is 0. The van der Waals surface area contributed by atoms with E-state index >= 15 is 0 Å². The van der Waals surface area contributed by atoms with Gasteiger partial charge in [-0.2, -0.15) is 0 Å². The Bertz CT molecular complexity index is 1630. The summed E-state index contributed by atoms with van der Waals surface area (Å²) in [5.74, 6) is 0.549. The molecule has 0 aliphatic heterocycles. The van der Waals surface area contributed by atoms with Crippen LogP contribution in [0.25, 0.3) is 21.5 Å². The van der Waals surface area contributed by atoms with Crippen molar-refractivity contribution in [3.8, 4) is 0 Å². The van der Waals surface area contributed by atoms with Crippen LogP contribution in [0.15, 0.2) is 146 Å². The van der Waals surface area contributed by atoms with Crippen LogP contribution in [0.5, 0.6) is 0 Å². The zero-order chi connectivity index (χ0) is 32.2.